The third kappa shape index (κ3) is 5.08. The fourth-order valence-corrected chi connectivity index (χ4v) is 1.60. The van der Waals surface area contributed by atoms with Gasteiger partial charge in [0.1, 0.15) is 0 Å². The summed E-state index contributed by atoms with van der Waals surface area (Å²) in [6.07, 6.45) is 7.70. The van der Waals surface area contributed by atoms with E-state index in [1.54, 1.807) is 0 Å². The predicted molar refractivity (Wildman–Crippen MR) is 58.1 cm³/mol. The molecule has 1 aliphatic rings. The number of nitrogens with one attached hydrogen (secondary N) is 1. The predicted octanol–water partition coefficient (Wildman–Crippen LogP) is 2.16. The molecular weight excluding hydrogens is 192 g/mol. The van der Waals surface area contributed by atoms with Gasteiger partial charge in [-0.25, -0.2) is 0 Å². The van der Waals surface area contributed by atoms with Gasteiger partial charge in [0.15, 0.2) is 0 Å². The minimum absolute atomic E-state index is 0.0903. The second-order valence-electron chi connectivity index (χ2n) is 3.63. The molecule has 0 aromatic heterocycles. The molecule has 1 rings (SSSR count). The Labute approximate surface area is 89.2 Å². The number of allylic oxidation sites excluding steroid dienone is 2. The van der Waals surface area contributed by atoms with Crippen molar-refractivity contribution in [3.05, 3.63) is 22.6 Å². The van der Waals surface area contributed by atoms with Gasteiger partial charge in [-0.15, -0.1) is 0 Å². The van der Waals surface area contributed by atoms with Crippen LogP contribution in [0, 0.1) is 5.92 Å². The van der Waals surface area contributed by atoms with Gasteiger partial charge in [0.2, 0.25) is 5.91 Å². The third-order valence-electron chi connectivity index (χ3n) is 2.38. The molecule has 0 radical (unpaired) electrons. The fourth-order valence-electron chi connectivity index (χ4n) is 1.60. The van der Waals surface area contributed by atoms with Gasteiger partial charge >= 0.3 is 0 Å². The molecule has 0 saturated carbocycles. The van der Waals surface area contributed by atoms with Gasteiger partial charge in [0.25, 0.3) is 0 Å². The van der Waals surface area contributed by atoms with Gasteiger partial charge in [-0.2, -0.15) is 0 Å². The van der Waals surface area contributed by atoms with Crippen LogP contribution >= 0.6 is 0 Å². The maximum Gasteiger partial charge on any atom is 0.220 e. The summed E-state index contributed by atoms with van der Waals surface area (Å²) in [5.41, 5.74) is 8.03. The molecular formula is C10H16N4O. The summed E-state index contributed by atoms with van der Waals surface area (Å²) in [7, 11) is 0. The highest BCUT2D eigenvalue weighted by atomic mass is 16.1. The van der Waals surface area contributed by atoms with E-state index in [2.05, 4.69) is 27.5 Å². The van der Waals surface area contributed by atoms with Crippen LogP contribution in [0.4, 0.5) is 0 Å². The Bertz CT molecular complexity index is 281. The molecule has 5 heteroatoms. The number of azide groups is 1. The minimum atomic E-state index is 0.0903. The van der Waals surface area contributed by atoms with E-state index in [1.807, 2.05) is 0 Å². The normalized spacial score (nSPS) is 18.5. The minimum Gasteiger partial charge on any atom is -0.356 e. The van der Waals surface area contributed by atoms with Crippen LogP contribution in [0.1, 0.15) is 25.7 Å². The monoisotopic (exact) mass is 208 g/mol. The molecule has 0 aromatic carbocycles. The zero-order valence-electron chi connectivity index (χ0n) is 8.72. The average molecular weight is 208 g/mol. The maximum atomic E-state index is 11.4. The Hall–Kier alpha value is -1.48. The number of carbonyl (C=O) groups excluding carboxylic acids is 1. The van der Waals surface area contributed by atoms with Crippen molar-refractivity contribution in [2.24, 2.45) is 11.0 Å². The van der Waals surface area contributed by atoms with Gasteiger partial charge < -0.3 is 5.32 Å². The summed E-state index contributed by atoms with van der Waals surface area (Å²) in [5.74, 6) is 0.509. The molecule has 1 aliphatic carbocycles. The van der Waals surface area contributed by atoms with Crippen LogP contribution in [0.25, 0.3) is 10.4 Å². The number of hydrogen-bond acceptors (Lipinski definition) is 2. The molecule has 5 nitrogen and oxygen atoms in total. The van der Waals surface area contributed by atoms with Gasteiger partial charge in [-0.3, -0.25) is 4.79 Å². The zero-order valence-corrected chi connectivity index (χ0v) is 8.72. The number of amides is 1. The lowest BCUT2D eigenvalue weighted by atomic mass is 10.1. The molecule has 15 heavy (non-hydrogen) atoms. The topological polar surface area (TPSA) is 77.9 Å². The highest BCUT2D eigenvalue weighted by Gasteiger charge is 2.12. The molecule has 0 aliphatic heterocycles. The van der Waals surface area contributed by atoms with E-state index in [0.717, 1.165) is 12.8 Å². The van der Waals surface area contributed by atoms with E-state index in [1.165, 1.54) is 0 Å². The Balaban J connectivity index is 2.03. The molecule has 1 atom stereocenters. The first-order valence-electron chi connectivity index (χ1n) is 5.27. The molecule has 1 amide bonds. The molecule has 1 N–H and O–H groups in total. The van der Waals surface area contributed by atoms with Crippen molar-refractivity contribution in [3.63, 3.8) is 0 Å². The van der Waals surface area contributed by atoms with Crippen LogP contribution in [0.5, 0.6) is 0 Å². The van der Waals surface area contributed by atoms with E-state index in [4.69, 9.17) is 5.53 Å². The maximum absolute atomic E-state index is 11.4. The van der Waals surface area contributed by atoms with Crippen molar-refractivity contribution in [3.8, 4) is 0 Å². The van der Waals surface area contributed by atoms with E-state index in [9.17, 15) is 4.79 Å². The number of hydrogen-bond donors (Lipinski definition) is 1. The smallest absolute Gasteiger partial charge is 0.220 e. The van der Waals surface area contributed by atoms with Gasteiger partial charge in [-0.05, 0) is 30.7 Å². The fraction of sp³-hybridized carbons (Fsp3) is 0.700. The highest BCUT2D eigenvalue weighted by Crippen LogP contribution is 2.19. The van der Waals surface area contributed by atoms with E-state index >= 15 is 0 Å². The summed E-state index contributed by atoms with van der Waals surface area (Å²) >= 11 is 0. The number of carbonyl (C=O) groups is 1. The van der Waals surface area contributed by atoms with Gasteiger partial charge in [0.05, 0.1) is 0 Å². The molecule has 0 saturated heterocycles. The molecule has 0 bridgehead atoms. The van der Waals surface area contributed by atoms with Crippen LogP contribution in [0.2, 0.25) is 0 Å². The van der Waals surface area contributed by atoms with Crippen molar-refractivity contribution in [2.75, 3.05) is 13.1 Å². The molecule has 0 heterocycles. The Morgan fingerprint density at radius 2 is 2.53 bits per heavy atom. The number of rotatable bonds is 6. The van der Waals surface area contributed by atoms with Crippen molar-refractivity contribution in [1.82, 2.24) is 5.32 Å². The Morgan fingerprint density at radius 3 is 3.20 bits per heavy atom. The first kappa shape index (κ1) is 11.6. The second-order valence-corrected chi connectivity index (χ2v) is 3.63. The molecule has 1 unspecified atom stereocenters. The van der Waals surface area contributed by atoms with Crippen LogP contribution < -0.4 is 5.32 Å². The molecule has 82 valence electrons. The van der Waals surface area contributed by atoms with Crippen molar-refractivity contribution < 1.29 is 4.79 Å². The summed E-state index contributed by atoms with van der Waals surface area (Å²) in [6, 6.07) is 0. The largest absolute Gasteiger partial charge is 0.356 e. The third-order valence-corrected chi connectivity index (χ3v) is 2.38. The Morgan fingerprint density at radius 1 is 1.67 bits per heavy atom. The molecule has 0 spiro atoms. The quantitative estimate of drug-likeness (QED) is 0.234. The zero-order chi connectivity index (χ0) is 10.9. The summed E-state index contributed by atoms with van der Waals surface area (Å²) < 4.78 is 0. The highest BCUT2D eigenvalue weighted by molar-refractivity contribution is 5.76. The van der Waals surface area contributed by atoms with Gasteiger partial charge in [0, 0.05) is 24.4 Å². The molecule has 0 fully saturated rings. The summed E-state index contributed by atoms with van der Waals surface area (Å²) in [4.78, 5) is 14.0. The SMILES string of the molecule is [N-]=[N+]=NCCCNC(=O)CC1C=CCC1. The molecule has 0 aromatic rings. The average Bonchev–Trinajstić information content (AvgIpc) is 2.70. The van der Waals surface area contributed by atoms with Crippen LogP contribution in [0.15, 0.2) is 17.3 Å². The van der Waals surface area contributed by atoms with Gasteiger partial charge in [-0.1, -0.05) is 17.3 Å². The number of nitrogens with zero attached hydrogens (tertiary/aromatic N) is 3. The van der Waals surface area contributed by atoms with Crippen molar-refractivity contribution in [1.29, 1.82) is 0 Å². The lowest BCUT2D eigenvalue weighted by Crippen LogP contribution is -2.26. The first-order valence-corrected chi connectivity index (χ1v) is 5.27. The van der Waals surface area contributed by atoms with E-state index < -0.39 is 0 Å². The van der Waals surface area contributed by atoms with E-state index in [0.29, 0.717) is 31.8 Å². The lowest BCUT2D eigenvalue weighted by molar-refractivity contribution is -0.121. The van der Waals surface area contributed by atoms with Crippen LogP contribution in [-0.4, -0.2) is 19.0 Å². The van der Waals surface area contributed by atoms with Crippen LogP contribution in [-0.2, 0) is 4.79 Å². The standard InChI is InChI=1S/C10H16N4O/c11-14-13-7-3-6-12-10(15)8-9-4-1-2-5-9/h1,4,9H,2-3,5-8H2,(H,12,15). The van der Waals surface area contributed by atoms with Crippen LogP contribution in [0.3, 0.4) is 0 Å². The van der Waals surface area contributed by atoms with Crippen molar-refractivity contribution in [2.45, 2.75) is 25.7 Å². The Kier molecular flexibility index (Phi) is 5.33. The second kappa shape index (κ2) is 6.90. The first-order chi connectivity index (χ1) is 7.33. The summed E-state index contributed by atoms with van der Waals surface area (Å²) in [6.45, 7) is 1.04. The van der Waals surface area contributed by atoms with Crippen molar-refractivity contribution >= 4 is 5.91 Å². The lowest BCUT2D eigenvalue weighted by Gasteiger charge is -2.07. The van der Waals surface area contributed by atoms with E-state index in [-0.39, 0.29) is 5.91 Å². The summed E-state index contributed by atoms with van der Waals surface area (Å²) in [5, 5.41) is 6.20.